The molecule has 9 heteroatoms. The van der Waals surface area contributed by atoms with Crippen molar-refractivity contribution in [2.45, 2.75) is 43.9 Å². The number of carbonyl (C=O) groups excluding carboxylic acids is 2. The summed E-state index contributed by atoms with van der Waals surface area (Å²) in [6, 6.07) is 10.6. The number of carbonyl (C=O) groups is 2. The second kappa shape index (κ2) is 10.8. The Morgan fingerprint density at radius 3 is 2.43 bits per heavy atom. The Balaban J connectivity index is 1.97. The van der Waals surface area contributed by atoms with Crippen LogP contribution in [0.4, 0.5) is 4.79 Å². The Morgan fingerprint density at radius 1 is 1.10 bits per heavy atom. The number of hydrogen-bond acceptors (Lipinski definition) is 6. The van der Waals surface area contributed by atoms with Crippen LogP contribution in [-0.2, 0) is 20.3 Å². The van der Waals surface area contributed by atoms with Gasteiger partial charge in [0.1, 0.15) is 11.5 Å². The van der Waals surface area contributed by atoms with Crippen molar-refractivity contribution in [2.75, 3.05) is 13.2 Å². The molecule has 164 valence electrons. The Kier molecular flexibility index (Phi) is 8.46. The van der Waals surface area contributed by atoms with E-state index in [0.717, 1.165) is 0 Å². The Hall–Kier alpha value is -2.81. The van der Waals surface area contributed by atoms with Crippen LogP contribution in [0.15, 0.2) is 51.8 Å². The van der Waals surface area contributed by atoms with E-state index in [1.807, 2.05) is 13.8 Å². The zero-order valence-corrected chi connectivity index (χ0v) is 18.2. The van der Waals surface area contributed by atoms with Gasteiger partial charge in [-0.15, -0.1) is 0 Å². The SMILES string of the molecule is CCOC(=O)NC(CNC(=O)c1ccc(CS(=O)(=O)c2ccccc2)o1)CC(C)C. The molecule has 2 amide bonds. The Bertz CT molecular complexity index is 937. The normalized spacial score (nSPS) is 12.4. The number of ether oxygens (including phenoxy) is 1. The number of furan rings is 1. The summed E-state index contributed by atoms with van der Waals surface area (Å²) in [5, 5.41) is 5.43. The van der Waals surface area contributed by atoms with Crippen molar-refractivity contribution in [1.29, 1.82) is 0 Å². The van der Waals surface area contributed by atoms with Crippen LogP contribution in [0.3, 0.4) is 0 Å². The van der Waals surface area contributed by atoms with Gasteiger partial charge in [-0.1, -0.05) is 32.0 Å². The number of hydrogen-bond donors (Lipinski definition) is 2. The molecule has 2 rings (SSSR count). The van der Waals surface area contributed by atoms with Crippen LogP contribution in [0, 0.1) is 5.92 Å². The van der Waals surface area contributed by atoms with Crippen LogP contribution < -0.4 is 10.6 Å². The number of benzene rings is 1. The number of nitrogens with one attached hydrogen (secondary N) is 2. The van der Waals surface area contributed by atoms with Crippen LogP contribution in [0.1, 0.15) is 43.5 Å². The molecular weight excluding hydrogens is 408 g/mol. The molecule has 1 atom stereocenters. The van der Waals surface area contributed by atoms with E-state index in [4.69, 9.17) is 9.15 Å². The molecule has 2 N–H and O–H groups in total. The lowest BCUT2D eigenvalue weighted by Crippen LogP contribution is -2.44. The van der Waals surface area contributed by atoms with Gasteiger partial charge >= 0.3 is 6.09 Å². The van der Waals surface area contributed by atoms with E-state index >= 15 is 0 Å². The third-order valence-corrected chi connectivity index (χ3v) is 5.84. The first-order valence-electron chi connectivity index (χ1n) is 9.79. The lowest BCUT2D eigenvalue weighted by Gasteiger charge is -2.20. The summed E-state index contributed by atoms with van der Waals surface area (Å²) in [6.45, 7) is 6.17. The maximum absolute atomic E-state index is 12.4. The number of alkyl carbamates (subject to hydrolysis) is 1. The molecule has 0 fully saturated rings. The van der Waals surface area contributed by atoms with E-state index < -0.39 is 21.8 Å². The van der Waals surface area contributed by atoms with Crippen molar-refractivity contribution in [2.24, 2.45) is 5.92 Å². The molecule has 8 nitrogen and oxygen atoms in total. The van der Waals surface area contributed by atoms with Crippen LogP contribution in [0.25, 0.3) is 0 Å². The first kappa shape index (κ1) is 23.5. The van der Waals surface area contributed by atoms with Crippen molar-refractivity contribution in [3.8, 4) is 0 Å². The molecule has 1 heterocycles. The third kappa shape index (κ3) is 7.22. The highest BCUT2D eigenvalue weighted by atomic mass is 32.2. The van der Waals surface area contributed by atoms with Gasteiger partial charge in [0.25, 0.3) is 5.91 Å². The number of rotatable bonds is 10. The van der Waals surface area contributed by atoms with Gasteiger partial charge in [0.2, 0.25) is 0 Å². The smallest absolute Gasteiger partial charge is 0.407 e. The quantitative estimate of drug-likeness (QED) is 0.591. The highest BCUT2D eigenvalue weighted by Crippen LogP contribution is 2.18. The van der Waals surface area contributed by atoms with Crippen molar-refractivity contribution in [3.63, 3.8) is 0 Å². The molecule has 1 unspecified atom stereocenters. The highest BCUT2D eigenvalue weighted by Gasteiger charge is 2.20. The van der Waals surface area contributed by atoms with Gasteiger partial charge < -0.3 is 19.8 Å². The standard InChI is InChI=1S/C21H28N2O6S/c1-4-28-21(25)23-16(12-15(2)3)13-22-20(24)19-11-10-17(29-19)14-30(26,27)18-8-6-5-7-9-18/h5-11,15-16H,4,12-14H2,1-3H3,(H,22,24)(H,23,25). The van der Waals surface area contributed by atoms with E-state index in [-0.39, 0.29) is 41.4 Å². The minimum absolute atomic E-state index is 0.00712. The fourth-order valence-electron chi connectivity index (χ4n) is 2.88. The number of sulfone groups is 1. The summed E-state index contributed by atoms with van der Waals surface area (Å²) in [5.74, 6) is -0.352. The summed E-state index contributed by atoms with van der Waals surface area (Å²) in [5.41, 5.74) is 0. The third-order valence-electron chi connectivity index (χ3n) is 4.18. The summed E-state index contributed by atoms with van der Waals surface area (Å²) < 4.78 is 35.2. The monoisotopic (exact) mass is 436 g/mol. The van der Waals surface area contributed by atoms with Gasteiger partial charge in [0.05, 0.1) is 11.5 Å². The predicted octanol–water partition coefficient (Wildman–Crippen LogP) is 3.14. The van der Waals surface area contributed by atoms with Gasteiger partial charge in [0, 0.05) is 12.6 Å². The van der Waals surface area contributed by atoms with E-state index in [1.54, 1.807) is 25.1 Å². The van der Waals surface area contributed by atoms with Crippen molar-refractivity contribution in [1.82, 2.24) is 10.6 Å². The lowest BCUT2D eigenvalue weighted by molar-refractivity contribution is 0.0915. The summed E-state index contributed by atoms with van der Waals surface area (Å²) in [6.07, 6.45) is 0.112. The maximum Gasteiger partial charge on any atom is 0.407 e. The van der Waals surface area contributed by atoms with E-state index in [2.05, 4.69) is 10.6 Å². The zero-order chi connectivity index (χ0) is 22.1. The van der Waals surface area contributed by atoms with E-state index in [0.29, 0.717) is 12.3 Å². The summed E-state index contributed by atoms with van der Waals surface area (Å²) >= 11 is 0. The van der Waals surface area contributed by atoms with E-state index in [1.165, 1.54) is 24.3 Å². The molecule has 1 aromatic heterocycles. The van der Waals surface area contributed by atoms with Gasteiger partial charge in [-0.25, -0.2) is 13.2 Å². The minimum Gasteiger partial charge on any atom is -0.455 e. The van der Waals surface area contributed by atoms with Crippen molar-refractivity contribution in [3.05, 3.63) is 54.0 Å². The van der Waals surface area contributed by atoms with Crippen LogP contribution in [0.5, 0.6) is 0 Å². The molecule has 0 saturated heterocycles. The molecule has 2 aromatic rings. The van der Waals surface area contributed by atoms with Crippen molar-refractivity contribution >= 4 is 21.8 Å². The molecule has 0 bridgehead atoms. The summed E-state index contributed by atoms with van der Waals surface area (Å²) in [4.78, 5) is 24.3. The van der Waals surface area contributed by atoms with E-state index in [9.17, 15) is 18.0 Å². The molecule has 0 aliphatic carbocycles. The van der Waals surface area contributed by atoms with Gasteiger partial charge in [0.15, 0.2) is 15.6 Å². The second-order valence-corrected chi connectivity index (χ2v) is 9.23. The molecule has 0 radical (unpaired) electrons. The fourth-order valence-corrected chi connectivity index (χ4v) is 4.15. The minimum atomic E-state index is -3.57. The number of amides is 2. The molecule has 30 heavy (non-hydrogen) atoms. The van der Waals surface area contributed by atoms with Crippen LogP contribution >= 0.6 is 0 Å². The zero-order valence-electron chi connectivity index (χ0n) is 17.4. The molecule has 1 aromatic carbocycles. The van der Waals surface area contributed by atoms with Crippen LogP contribution in [-0.4, -0.2) is 39.6 Å². The largest absolute Gasteiger partial charge is 0.455 e. The fraction of sp³-hybridized carbons (Fsp3) is 0.429. The molecule has 0 saturated carbocycles. The maximum atomic E-state index is 12.4. The predicted molar refractivity (Wildman–Crippen MR) is 112 cm³/mol. The average Bonchev–Trinajstić information content (AvgIpc) is 3.14. The van der Waals surface area contributed by atoms with Gasteiger partial charge in [-0.2, -0.15) is 0 Å². The molecule has 0 spiro atoms. The average molecular weight is 437 g/mol. The topological polar surface area (TPSA) is 115 Å². The second-order valence-electron chi connectivity index (χ2n) is 7.24. The lowest BCUT2D eigenvalue weighted by atomic mass is 10.0. The first-order chi connectivity index (χ1) is 14.2. The Morgan fingerprint density at radius 2 is 1.80 bits per heavy atom. The Labute approximate surface area is 176 Å². The van der Waals surface area contributed by atoms with Gasteiger partial charge in [-0.05, 0) is 43.5 Å². The van der Waals surface area contributed by atoms with Crippen LogP contribution in [0.2, 0.25) is 0 Å². The molecule has 0 aliphatic heterocycles. The highest BCUT2D eigenvalue weighted by molar-refractivity contribution is 7.90. The van der Waals surface area contributed by atoms with Crippen molar-refractivity contribution < 1.29 is 27.2 Å². The molecule has 0 aliphatic rings. The van der Waals surface area contributed by atoms with Gasteiger partial charge in [-0.3, -0.25) is 4.79 Å². The first-order valence-corrected chi connectivity index (χ1v) is 11.4. The summed E-state index contributed by atoms with van der Waals surface area (Å²) in [7, 11) is -3.57. The molecular formula is C21H28N2O6S.